The molecule has 2 aromatic heterocycles. The topological polar surface area (TPSA) is 75.4 Å². The number of nitrogens with zero attached hydrogens (tertiary/aromatic N) is 1. The van der Waals surface area contributed by atoms with Gasteiger partial charge in [-0.1, -0.05) is 0 Å². The molecule has 0 N–H and O–H groups in total. The van der Waals surface area contributed by atoms with Gasteiger partial charge in [0.1, 0.15) is 11.7 Å². The monoisotopic (exact) mass is 242 g/mol. The molecular weight excluding hydrogens is 234 g/mol. The third kappa shape index (κ3) is 1.57. The molecule has 0 radical (unpaired) electrons. The maximum atomic E-state index is 10.7. The number of fused-ring (bicyclic) bond motifs is 2. The number of aromatic nitrogens is 1. The smallest absolute Gasteiger partial charge is 0.227 e. The Morgan fingerprint density at radius 1 is 1.28 bits per heavy atom. The summed E-state index contributed by atoms with van der Waals surface area (Å²) in [6.45, 7) is 0. The zero-order chi connectivity index (χ0) is 12.7. The summed E-state index contributed by atoms with van der Waals surface area (Å²) >= 11 is 0. The molecule has 3 aromatic rings. The number of rotatable bonds is 2. The predicted molar refractivity (Wildman–Crippen MR) is 62.4 cm³/mol. The highest BCUT2D eigenvalue weighted by Gasteiger charge is 2.08. The Kier molecular flexibility index (Phi) is 2.19. The van der Waals surface area contributed by atoms with E-state index in [0.717, 1.165) is 5.39 Å². The maximum absolute atomic E-state index is 10.7. The summed E-state index contributed by atoms with van der Waals surface area (Å²) in [4.78, 5) is 15.0. The van der Waals surface area contributed by atoms with E-state index in [1.807, 2.05) is 18.2 Å². The summed E-state index contributed by atoms with van der Waals surface area (Å²) in [5, 5.41) is 12.2. The number of methoxy groups -OCH3 is 1. The number of carbonyl (C=O) groups is 1. The van der Waals surface area contributed by atoms with Crippen LogP contribution in [0.3, 0.4) is 0 Å². The van der Waals surface area contributed by atoms with E-state index in [9.17, 15) is 9.90 Å². The molecule has 18 heavy (non-hydrogen) atoms. The highest BCUT2D eigenvalue weighted by molar-refractivity contribution is 5.95. The SMILES string of the molecule is COc1ccc2cc3cc(C(=O)[O-])oc3nc2c1. The number of hydrogen-bond acceptors (Lipinski definition) is 5. The summed E-state index contributed by atoms with van der Waals surface area (Å²) < 4.78 is 10.2. The van der Waals surface area contributed by atoms with Crippen molar-refractivity contribution in [2.24, 2.45) is 0 Å². The minimum absolute atomic E-state index is 0.222. The lowest BCUT2D eigenvalue weighted by atomic mass is 10.2. The molecule has 0 aliphatic rings. The Labute approximate surface area is 102 Å². The van der Waals surface area contributed by atoms with E-state index in [4.69, 9.17) is 9.15 Å². The lowest BCUT2D eigenvalue weighted by Gasteiger charge is -2.01. The van der Waals surface area contributed by atoms with Crippen LogP contribution in [0.25, 0.3) is 22.0 Å². The maximum Gasteiger partial charge on any atom is 0.227 e. The number of benzene rings is 1. The van der Waals surface area contributed by atoms with Crippen LogP contribution in [0.2, 0.25) is 0 Å². The number of carbonyl (C=O) groups excluding carboxylic acids is 1. The first-order chi connectivity index (χ1) is 8.67. The van der Waals surface area contributed by atoms with Gasteiger partial charge in [0, 0.05) is 16.8 Å². The quantitative estimate of drug-likeness (QED) is 0.678. The van der Waals surface area contributed by atoms with Crippen molar-refractivity contribution >= 4 is 28.0 Å². The van der Waals surface area contributed by atoms with Crippen molar-refractivity contribution in [2.75, 3.05) is 7.11 Å². The molecule has 0 unspecified atom stereocenters. The van der Waals surface area contributed by atoms with E-state index in [2.05, 4.69) is 4.98 Å². The van der Waals surface area contributed by atoms with E-state index in [0.29, 0.717) is 16.7 Å². The fourth-order valence-corrected chi connectivity index (χ4v) is 1.83. The Morgan fingerprint density at radius 3 is 2.83 bits per heavy atom. The first-order valence-electron chi connectivity index (χ1n) is 5.27. The molecule has 90 valence electrons. The third-order valence-electron chi connectivity index (χ3n) is 2.71. The van der Waals surface area contributed by atoms with Gasteiger partial charge in [-0.05, 0) is 24.3 Å². The van der Waals surface area contributed by atoms with Gasteiger partial charge < -0.3 is 19.1 Å². The molecule has 0 spiro atoms. The van der Waals surface area contributed by atoms with Gasteiger partial charge in [0.2, 0.25) is 5.71 Å². The molecule has 0 saturated carbocycles. The summed E-state index contributed by atoms with van der Waals surface area (Å²) in [5.41, 5.74) is 0.955. The van der Waals surface area contributed by atoms with Crippen molar-refractivity contribution in [3.63, 3.8) is 0 Å². The number of ether oxygens (including phenoxy) is 1. The van der Waals surface area contributed by atoms with E-state index in [-0.39, 0.29) is 11.5 Å². The Morgan fingerprint density at radius 2 is 2.11 bits per heavy atom. The Bertz CT molecular complexity index is 760. The van der Waals surface area contributed by atoms with Crippen molar-refractivity contribution < 1.29 is 19.1 Å². The van der Waals surface area contributed by atoms with Crippen LogP contribution in [0, 0.1) is 0 Å². The molecule has 5 heteroatoms. The summed E-state index contributed by atoms with van der Waals surface area (Å²) in [6, 6.07) is 8.65. The Hall–Kier alpha value is -2.56. The van der Waals surface area contributed by atoms with Crippen LogP contribution in [-0.4, -0.2) is 18.1 Å². The number of aromatic carboxylic acids is 1. The van der Waals surface area contributed by atoms with Crippen LogP contribution in [-0.2, 0) is 0 Å². The molecular formula is C13H8NO4-. The number of hydrogen-bond donors (Lipinski definition) is 0. The first-order valence-corrected chi connectivity index (χ1v) is 5.27. The van der Waals surface area contributed by atoms with Gasteiger partial charge in [-0.15, -0.1) is 0 Å². The first kappa shape index (κ1) is 10.6. The van der Waals surface area contributed by atoms with Crippen LogP contribution >= 0.6 is 0 Å². The van der Waals surface area contributed by atoms with Crippen molar-refractivity contribution in [1.82, 2.24) is 4.98 Å². The molecule has 0 atom stereocenters. The molecule has 0 fully saturated rings. The van der Waals surface area contributed by atoms with Gasteiger partial charge in [-0.25, -0.2) is 4.98 Å². The normalized spacial score (nSPS) is 10.9. The molecule has 0 aliphatic heterocycles. The van der Waals surface area contributed by atoms with Crippen LogP contribution in [0.15, 0.2) is 34.7 Å². The zero-order valence-electron chi connectivity index (χ0n) is 9.47. The molecule has 0 saturated heterocycles. The van der Waals surface area contributed by atoms with Gasteiger partial charge >= 0.3 is 0 Å². The van der Waals surface area contributed by atoms with E-state index in [1.54, 1.807) is 13.2 Å². The van der Waals surface area contributed by atoms with Crippen molar-refractivity contribution in [3.8, 4) is 5.75 Å². The number of carboxylic acids is 1. The fourth-order valence-electron chi connectivity index (χ4n) is 1.83. The molecule has 0 amide bonds. The second-order valence-corrected chi connectivity index (χ2v) is 3.84. The molecule has 5 nitrogen and oxygen atoms in total. The van der Waals surface area contributed by atoms with Crippen LogP contribution < -0.4 is 9.84 Å². The lowest BCUT2D eigenvalue weighted by Crippen LogP contribution is -2.21. The highest BCUT2D eigenvalue weighted by atomic mass is 16.5. The average Bonchev–Trinajstić information content (AvgIpc) is 2.78. The fraction of sp³-hybridized carbons (Fsp3) is 0.0769. The van der Waals surface area contributed by atoms with E-state index >= 15 is 0 Å². The van der Waals surface area contributed by atoms with Gasteiger partial charge in [-0.2, -0.15) is 0 Å². The summed E-state index contributed by atoms with van der Waals surface area (Å²) in [5.74, 6) is -0.893. The van der Waals surface area contributed by atoms with Crippen LogP contribution in [0.5, 0.6) is 5.75 Å². The number of carboxylic acid groups (broad SMARTS) is 1. The minimum Gasteiger partial charge on any atom is -0.542 e. The van der Waals surface area contributed by atoms with Gasteiger partial charge in [0.15, 0.2) is 5.76 Å². The second kappa shape index (κ2) is 3.73. The Balaban J connectivity index is 2.29. The van der Waals surface area contributed by atoms with Crippen LogP contribution in [0.4, 0.5) is 0 Å². The standard InChI is InChI=1S/C13H9NO4/c1-17-9-3-2-7-4-8-5-11(13(15)16)18-12(8)14-10(7)6-9/h2-6H,1H3,(H,15,16)/p-1. The van der Waals surface area contributed by atoms with E-state index < -0.39 is 5.97 Å². The van der Waals surface area contributed by atoms with Crippen LogP contribution in [0.1, 0.15) is 10.6 Å². The van der Waals surface area contributed by atoms with Crippen molar-refractivity contribution in [3.05, 3.63) is 36.1 Å². The number of pyridine rings is 1. The molecule has 0 aliphatic carbocycles. The minimum atomic E-state index is -1.35. The largest absolute Gasteiger partial charge is 0.542 e. The highest BCUT2D eigenvalue weighted by Crippen LogP contribution is 2.25. The predicted octanol–water partition coefficient (Wildman–Crippen LogP) is 1.35. The molecule has 3 rings (SSSR count). The van der Waals surface area contributed by atoms with Gasteiger partial charge in [0.25, 0.3) is 0 Å². The molecule has 2 heterocycles. The molecule has 0 bridgehead atoms. The van der Waals surface area contributed by atoms with E-state index in [1.165, 1.54) is 6.07 Å². The van der Waals surface area contributed by atoms with Gasteiger partial charge in [-0.3, -0.25) is 0 Å². The summed E-state index contributed by atoms with van der Waals surface area (Å²) in [7, 11) is 1.57. The lowest BCUT2D eigenvalue weighted by molar-refractivity contribution is -0.257. The zero-order valence-corrected chi connectivity index (χ0v) is 9.47. The summed E-state index contributed by atoms with van der Waals surface area (Å²) in [6.07, 6.45) is 0. The second-order valence-electron chi connectivity index (χ2n) is 3.84. The number of furan rings is 1. The third-order valence-corrected chi connectivity index (χ3v) is 2.71. The van der Waals surface area contributed by atoms with Crippen molar-refractivity contribution in [2.45, 2.75) is 0 Å². The average molecular weight is 242 g/mol. The van der Waals surface area contributed by atoms with Gasteiger partial charge in [0.05, 0.1) is 12.6 Å². The molecule has 1 aromatic carbocycles. The van der Waals surface area contributed by atoms with Crippen molar-refractivity contribution in [1.29, 1.82) is 0 Å².